The summed E-state index contributed by atoms with van der Waals surface area (Å²) >= 11 is 0. The molecule has 0 unspecified atom stereocenters. The fraction of sp³-hybridized carbons (Fsp3) is 0.550. The topological polar surface area (TPSA) is 94.2 Å². The molecule has 8 heteroatoms. The number of benzene rings is 1. The molecule has 1 aliphatic rings. The Hall–Kier alpha value is -2.61. The molecule has 1 N–H and O–H groups in total. The molecule has 1 fully saturated rings. The lowest BCUT2D eigenvalue weighted by atomic mass is 9.87. The summed E-state index contributed by atoms with van der Waals surface area (Å²) in [5, 5.41) is 2.62. The van der Waals surface area contributed by atoms with E-state index in [4.69, 9.17) is 9.47 Å². The maximum absolute atomic E-state index is 12.9. The standard InChI is InChI=1S/C20H28N2O6/c1-6-20(19(25)28-5)11-15(18(24)21-12-16(23)27-4)17(22(20)2)13-7-9-14(26-3)10-8-13/h7-10,15,17H,6,11-12H2,1-5H3,(H,21,24)/t15-,17-,20-/m0/s1. The molecule has 28 heavy (non-hydrogen) atoms. The van der Waals surface area contributed by atoms with Crippen LogP contribution in [-0.4, -0.2) is 63.2 Å². The van der Waals surface area contributed by atoms with E-state index in [2.05, 4.69) is 10.1 Å². The summed E-state index contributed by atoms with van der Waals surface area (Å²) in [6.07, 6.45) is 0.778. The average molecular weight is 392 g/mol. The van der Waals surface area contributed by atoms with Crippen molar-refractivity contribution in [3.8, 4) is 5.75 Å². The molecule has 1 aliphatic heterocycles. The summed E-state index contributed by atoms with van der Waals surface area (Å²) in [7, 11) is 6.01. The molecular formula is C20H28N2O6. The molecule has 0 bridgehead atoms. The van der Waals surface area contributed by atoms with Crippen molar-refractivity contribution in [1.82, 2.24) is 10.2 Å². The number of amides is 1. The zero-order valence-corrected chi connectivity index (χ0v) is 17.0. The number of likely N-dealkylation sites (N-methyl/N-ethyl adjacent to an activating group) is 1. The third-order valence-corrected chi connectivity index (χ3v) is 5.61. The molecule has 154 valence electrons. The minimum atomic E-state index is -0.924. The van der Waals surface area contributed by atoms with Gasteiger partial charge < -0.3 is 19.5 Å². The lowest BCUT2D eigenvalue weighted by Gasteiger charge is -2.35. The zero-order chi connectivity index (χ0) is 20.9. The predicted octanol–water partition coefficient (Wildman–Crippen LogP) is 1.30. The van der Waals surface area contributed by atoms with Crippen LogP contribution in [0.3, 0.4) is 0 Å². The van der Waals surface area contributed by atoms with Crippen LogP contribution in [0, 0.1) is 5.92 Å². The van der Waals surface area contributed by atoms with Gasteiger partial charge in [-0.2, -0.15) is 0 Å². The molecule has 0 spiro atoms. The second kappa shape index (κ2) is 9.05. The first-order chi connectivity index (χ1) is 13.3. The minimum absolute atomic E-state index is 0.220. The van der Waals surface area contributed by atoms with Gasteiger partial charge in [-0.15, -0.1) is 0 Å². The number of hydrogen-bond donors (Lipinski definition) is 1. The van der Waals surface area contributed by atoms with Crippen molar-refractivity contribution in [2.45, 2.75) is 31.3 Å². The maximum atomic E-state index is 12.9. The Morgan fingerprint density at radius 2 is 1.79 bits per heavy atom. The molecule has 3 atom stereocenters. The first-order valence-electron chi connectivity index (χ1n) is 9.14. The number of rotatable bonds is 7. The number of nitrogens with one attached hydrogen (secondary N) is 1. The predicted molar refractivity (Wildman–Crippen MR) is 102 cm³/mol. The summed E-state index contributed by atoms with van der Waals surface area (Å²) in [5.41, 5.74) is -0.0483. The Bertz CT molecular complexity index is 720. The number of carbonyl (C=O) groups excluding carboxylic acids is 3. The molecule has 1 amide bonds. The fourth-order valence-electron chi connectivity index (χ4n) is 3.97. The van der Waals surface area contributed by atoms with E-state index in [0.29, 0.717) is 12.2 Å². The Labute approximate surface area is 165 Å². The highest BCUT2D eigenvalue weighted by molar-refractivity contribution is 5.88. The highest BCUT2D eigenvalue weighted by Crippen LogP contribution is 2.48. The summed E-state index contributed by atoms with van der Waals surface area (Å²) < 4.78 is 14.9. The van der Waals surface area contributed by atoms with Gasteiger partial charge in [-0.1, -0.05) is 19.1 Å². The molecule has 1 heterocycles. The summed E-state index contributed by atoms with van der Waals surface area (Å²) in [6, 6.07) is 7.03. The summed E-state index contributed by atoms with van der Waals surface area (Å²) in [5.74, 6) is -1.06. The van der Waals surface area contributed by atoms with Gasteiger partial charge in [0.1, 0.15) is 17.8 Å². The van der Waals surface area contributed by atoms with E-state index in [1.165, 1.54) is 14.2 Å². The van der Waals surface area contributed by atoms with Crippen molar-refractivity contribution in [3.63, 3.8) is 0 Å². The monoisotopic (exact) mass is 392 g/mol. The van der Waals surface area contributed by atoms with Crippen LogP contribution in [0.15, 0.2) is 24.3 Å². The zero-order valence-electron chi connectivity index (χ0n) is 17.0. The van der Waals surface area contributed by atoms with Gasteiger partial charge in [0.2, 0.25) is 5.91 Å². The number of carbonyl (C=O) groups is 3. The normalized spacial score (nSPS) is 24.5. The van der Waals surface area contributed by atoms with E-state index in [9.17, 15) is 14.4 Å². The largest absolute Gasteiger partial charge is 0.497 e. The van der Waals surface area contributed by atoms with Gasteiger partial charge in [-0.3, -0.25) is 19.3 Å². The molecular weight excluding hydrogens is 364 g/mol. The van der Waals surface area contributed by atoms with Crippen molar-refractivity contribution in [1.29, 1.82) is 0 Å². The van der Waals surface area contributed by atoms with E-state index < -0.39 is 17.4 Å². The molecule has 0 aliphatic carbocycles. The highest BCUT2D eigenvalue weighted by Gasteiger charge is 2.56. The van der Waals surface area contributed by atoms with E-state index >= 15 is 0 Å². The van der Waals surface area contributed by atoms with Crippen LogP contribution in [0.2, 0.25) is 0 Å². The number of likely N-dealkylation sites (tertiary alicyclic amines) is 1. The molecule has 0 saturated carbocycles. The number of esters is 2. The van der Waals surface area contributed by atoms with Crippen LogP contribution in [0.5, 0.6) is 5.75 Å². The number of methoxy groups -OCH3 is 3. The van der Waals surface area contributed by atoms with E-state index in [1.807, 2.05) is 43.1 Å². The van der Waals surface area contributed by atoms with E-state index in [1.54, 1.807) is 7.11 Å². The van der Waals surface area contributed by atoms with E-state index in [0.717, 1.165) is 5.56 Å². The first-order valence-corrected chi connectivity index (χ1v) is 9.14. The van der Waals surface area contributed by atoms with Gasteiger partial charge in [-0.05, 0) is 37.6 Å². The van der Waals surface area contributed by atoms with Crippen molar-refractivity contribution in [2.75, 3.05) is 34.9 Å². The first kappa shape index (κ1) is 21.7. The van der Waals surface area contributed by atoms with Crippen LogP contribution in [0.4, 0.5) is 0 Å². The highest BCUT2D eigenvalue weighted by atomic mass is 16.5. The molecule has 1 saturated heterocycles. The number of hydrogen-bond acceptors (Lipinski definition) is 7. The van der Waals surface area contributed by atoms with Crippen molar-refractivity contribution >= 4 is 17.8 Å². The minimum Gasteiger partial charge on any atom is -0.497 e. The van der Waals surface area contributed by atoms with Gasteiger partial charge in [-0.25, -0.2) is 0 Å². The Kier molecular flexibility index (Phi) is 7.01. The average Bonchev–Trinajstić information content (AvgIpc) is 3.04. The summed E-state index contributed by atoms with van der Waals surface area (Å²) in [4.78, 5) is 38.9. The van der Waals surface area contributed by atoms with Gasteiger partial charge in [0.15, 0.2) is 0 Å². The van der Waals surface area contributed by atoms with Crippen LogP contribution in [0.25, 0.3) is 0 Å². The quantitative estimate of drug-likeness (QED) is 0.699. The molecule has 0 radical (unpaired) electrons. The van der Waals surface area contributed by atoms with Crippen LogP contribution < -0.4 is 10.1 Å². The lowest BCUT2D eigenvalue weighted by Crippen LogP contribution is -2.49. The van der Waals surface area contributed by atoms with Crippen molar-refractivity contribution in [2.24, 2.45) is 5.92 Å². The van der Waals surface area contributed by atoms with E-state index in [-0.39, 0.29) is 30.9 Å². The Morgan fingerprint density at radius 1 is 1.14 bits per heavy atom. The Morgan fingerprint density at radius 3 is 2.29 bits per heavy atom. The summed E-state index contributed by atoms with van der Waals surface area (Å²) in [6.45, 7) is 1.68. The van der Waals surface area contributed by atoms with Crippen molar-refractivity contribution in [3.05, 3.63) is 29.8 Å². The van der Waals surface area contributed by atoms with Crippen molar-refractivity contribution < 1.29 is 28.6 Å². The third kappa shape index (κ3) is 3.96. The molecule has 2 rings (SSSR count). The van der Waals surface area contributed by atoms with Gasteiger partial charge in [0.05, 0.1) is 27.2 Å². The second-order valence-electron chi connectivity index (χ2n) is 6.81. The third-order valence-electron chi connectivity index (χ3n) is 5.61. The van der Waals surface area contributed by atoms with Gasteiger partial charge in [0.25, 0.3) is 0 Å². The maximum Gasteiger partial charge on any atom is 0.326 e. The van der Waals surface area contributed by atoms with Gasteiger partial charge >= 0.3 is 11.9 Å². The van der Waals surface area contributed by atoms with Gasteiger partial charge in [0, 0.05) is 6.04 Å². The molecule has 8 nitrogen and oxygen atoms in total. The molecule has 1 aromatic carbocycles. The number of nitrogens with zero attached hydrogens (tertiary/aromatic N) is 1. The Balaban J connectivity index is 2.40. The van der Waals surface area contributed by atoms with Crippen LogP contribution in [0.1, 0.15) is 31.4 Å². The number of ether oxygens (including phenoxy) is 3. The van der Waals surface area contributed by atoms with Crippen LogP contribution >= 0.6 is 0 Å². The smallest absolute Gasteiger partial charge is 0.326 e. The second-order valence-corrected chi connectivity index (χ2v) is 6.81. The van der Waals surface area contributed by atoms with Crippen LogP contribution in [-0.2, 0) is 23.9 Å². The fourth-order valence-corrected chi connectivity index (χ4v) is 3.97. The molecule has 1 aromatic rings. The SMILES string of the molecule is CC[C@@]1(C(=O)OC)C[C@H](C(=O)NCC(=O)OC)[C@H](c2ccc(OC)cc2)N1C. The molecule has 0 aromatic heterocycles. The lowest BCUT2D eigenvalue weighted by molar-refractivity contribution is -0.153.